The van der Waals surface area contributed by atoms with Gasteiger partial charge in [-0.2, -0.15) is 0 Å². The Labute approximate surface area is 135 Å². The van der Waals surface area contributed by atoms with Crippen molar-refractivity contribution >= 4 is 34.7 Å². The third-order valence-corrected chi connectivity index (χ3v) is 4.90. The smallest absolute Gasteiger partial charge is 0.252 e. The summed E-state index contributed by atoms with van der Waals surface area (Å²) in [5.41, 5.74) is 6.77. The summed E-state index contributed by atoms with van der Waals surface area (Å²) in [7, 11) is 2.05. The summed E-state index contributed by atoms with van der Waals surface area (Å²) in [6.07, 6.45) is 1.45. The SMILES string of the molecule is Cc1ccc(C(=O)NC2(C(N)=S)CCN(C)CC2)cc1Cl. The number of carbonyl (C=O) groups is 1. The predicted octanol–water partition coefficient (Wildman–Crippen LogP) is 2.13. The number of thiocarbonyl (C=S) groups is 1. The lowest BCUT2D eigenvalue weighted by atomic mass is 9.87. The quantitative estimate of drug-likeness (QED) is 0.836. The third kappa shape index (κ3) is 3.54. The molecular formula is C15H20ClN3OS. The molecule has 3 N–H and O–H groups in total. The Morgan fingerprint density at radius 3 is 2.57 bits per heavy atom. The van der Waals surface area contributed by atoms with Crippen LogP contribution >= 0.6 is 23.8 Å². The molecule has 0 radical (unpaired) electrons. The summed E-state index contributed by atoms with van der Waals surface area (Å²) in [5, 5.41) is 3.60. The van der Waals surface area contributed by atoms with Crippen molar-refractivity contribution in [3.8, 4) is 0 Å². The molecule has 21 heavy (non-hydrogen) atoms. The van der Waals surface area contributed by atoms with Crippen LogP contribution in [0.2, 0.25) is 5.02 Å². The molecule has 0 atom stereocenters. The molecule has 1 aliphatic heterocycles. The Hall–Kier alpha value is -1.17. The average molecular weight is 326 g/mol. The molecule has 0 bridgehead atoms. The number of hydrogen-bond acceptors (Lipinski definition) is 3. The molecule has 1 heterocycles. The molecule has 1 aliphatic rings. The Bertz CT molecular complexity index is 568. The Balaban J connectivity index is 2.19. The lowest BCUT2D eigenvalue weighted by Crippen LogP contribution is -2.61. The van der Waals surface area contributed by atoms with Gasteiger partial charge in [-0.25, -0.2) is 0 Å². The molecule has 0 saturated carbocycles. The van der Waals surface area contributed by atoms with Crippen LogP contribution in [0.15, 0.2) is 18.2 Å². The average Bonchev–Trinajstić information content (AvgIpc) is 2.44. The summed E-state index contributed by atoms with van der Waals surface area (Å²) in [4.78, 5) is 15.0. The van der Waals surface area contributed by atoms with Crippen LogP contribution in [0.1, 0.15) is 28.8 Å². The van der Waals surface area contributed by atoms with E-state index in [1.54, 1.807) is 12.1 Å². The summed E-state index contributed by atoms with van der Waals surface area (Å²) < 4.78 is 0. The van der Waals surface area contributed by atoms with Gasteiger partial charge in [0.25, 0.3) is 5.91 Å². The number of hydrogen-bond donors (Lipinski definition) is 2. The Morgan fingerprint density at radius 2 is 2.05 bits per heavy atom. The molecule has 0 spiro atoms. The highest BCUT2D eigenvalue weighted by Gasteiger charge is 2.38. The molecule has 2 rings (SSSR count). The molecule has 0 aromatic heterocycles. The van der Waals surface area contributed by atoms with E-state index < -0.39 is 5.54 Å². The lowest BCUT2D eigenvalue weighted by Gasteiger charge is -2.40. The molecular weight excluding hydrogens is 306 g/mol. The fourth-order valence-electron chi connectivity index (χ4n) is 2.46. The number of aryl methyl sites for hydroxylation is 1. The molecule has 1 aromatic rings. The van der Waals surface area contributed by atoms with Crippen LogP contribution in [0.25, 0.3) is 0 Å². The van der Waals surface area contributed by atoms with Gasteiger partial charge in [-0.3, -0.25) is 4.79 Å². The molecule has 0 aliphatic carbocycles. The molecule has 1 aromatic carbocycles. The van der Waals surface area contributed by atoms with E-state index in [-0.39, 0.29) is 5.91 Å². The zero-order valence-corrected chi connectivity index (χ0v) is 13.9. The van der Waals surface area contributed by atoms with Gasteiger partial charge < -0.3 is 16.0 Å². The second kappa shape index (κ2) is 6.30. The number of carbonyl (C=O) groups excluding carboxylic acids is 1. The van der Waals surface area contributed by atoms with Gasteiger partial charge in [-0.15, -0.1) is 0 Å². The van der Waals surface area contributed by atoms with Crippen molar-refractivity contribution < 1.29 is 4.79 Å². The predicted molar refractivity (Wildman–Crippen MR) is 89.9 cm³/mol. The summed E-state index contributed by atoms with van der Waals surface area (Å²) >= 11 is 11.3. The maximum atomic E-state index is 12.5. The number of nitrogens with one attached hydrogen (secondary N) is 1. The lowest BCUT2D eigenvalue weighted by molar-refractivity contribution is 0.0890. The summed E-state index contributed by atoms with van der Waals surface area (Å²) in [6, 6.07) is 5.27. The molecule has 1 saturated heterocycles. The van der Waals surface area contributed by atoms with Crippen molar-refractivity contribution in [3.63, 3.8) is 0 Å². The van der Waals surface area contributed by atoms with E-state index in [4.69, 9.17) is 29.6 Å². The van der Waals surface area contributed by atoms with Gasteiger partial charge in [0.1, 0.15) is 0 Å². The summed E-state index contributed by atoms with van der Waals surface area (Å²) in [6.45, 7) is 3.61. The molecule has 0 unspecified atom stereocenters. The van der Waals surface area contributed by atoms with E-state index in [9.17, 15) is 4.79 Å². The highest BCUT2D eigenvalue weighted by molar-refractivity contribution is 7.80. The first kappa shape index (κ1) is 16.2. The number of nitrogens with zero attached hydrogens (tertiary/aromatic N) is 1. The first-order valence-corrected chi connectivity index (χ1v) is 7.70. The van der Waals surface area contributed by atoms with E-state index in [0.717, 1.165) is 31.5 Å². The number of piperidine rings is 1. The Morgan fingerprint density at radius 1 is 1.43 bits per heavy atom. The van der Waals surface area contributed by atoms with E-state index in [0.29, 0.717) is 15.6 Å². The molecule has 1 fully saturated rings. The number of amides is 1. The zero-order chi connectivity index (χ0) is 15.6. The van der Waals surface area contributed by atoms with Crippen molar-refractivity contribution in [2.75, 3.05) is 20.1 Å². The van der Waals surface area contributed by atoms with E-state index in [1.807, 2.05) is 20.0 Å². The maximum absolute atomic E-state index is 12.5. The van der Waals surface area contributed by atoms with Gasteiger partial charge >= 0.3 is 0 Å². The number of halogens is 1. The number of likely N-dealkylation sites (tertiary alicyclic amines) is 1. The van der Waals surface area contributed by atoms with Crippen LogP contribution in [0.4, 0.5) is 0 Å². The minimum absolute atomic E-state index is 0.186. The number of nitrogens with two attached hydrogens (primary N) is 1. The van der Waals surface area contributed by atoms with Gasteiger partial charge in [0.05, 0.1) is 10.5 Å². The van der Waals surface area contributed by atoms with Crippen molar-refractivity contribution in [1.29, 1.82) is 0 Å². The number of rotatable bonds is 3. The van der Waals surface area contributed by atoms with Crippen molar-refractivity contribution in [1.82, 2.24) is 10.2 Å². The molecule has 1 amide bonds. The van der Waals surface area contributed by atoms with Crippen molar-refractivity contribution in [3.05, 3.63) is 34.3 Å². The van der Waals surface area contributed by atoms with E-state index >= 15 is 0 Å². The minimum atomic E-state index is -0.601. The second-order valence-electron chi connectivity index (χ2n) is 5.67. The molecule has 114 valence electrons. The number of benzene rings is 1. The largest absolute Gasteiger partial charge is 0.391 e. The maximum Gasteiger partial charge on any atom is 0.252 e. The van der Waals surface area contributed by atoms with Crippen molar-refractivity contribution in [2.45, 2.75) is 25.3 Å². The van der Waals surface area contributed by atoms with Gasteiger partial charge in [-0.1, -0.05) is 29.9 Å². The van der Waals surface area contributed by atoms with Crippen molar-refractivity contribution in [2.24, 2.45) is 5.73 Å². The highest BCUT2D eigenvalue weighted by Crippen LogP contribution is 2.24. The van der Waals surface area contributed by atoms with Crippen LogP contribution in [0.5, 0.6) is 0 Å². The second-order valence-corrected chi connectivity index (χ2v) is 6.51. The molecule has 4 nitrogen and oxygen atoms in total. The van der Waals surface area contributed by atoms with Crippen LogP contribution < -0.4 is 11.1 Å². The Kier molecular flexibility index (Phi) is 4.86. The zero-order valence-electron chi connectivity index (χ0n) is 12.3. The molecule has 6 heteroatoms. The van der Waals surface area contributed by atoms with Gasteiger partial charge in [-0.05, 0) is 44.5 Å². The van der Waals surface area contributed by atoms with Gasteiger partial charge in [0.2, 0.25) is 0 Å². The highest BCUT2D eigenvalue weighted by atomic mass is 35.5. The van der Waals surface area contributed by atoms with Crippen LogP contribution in [-0.4, -0.2) is 41.5 Å². The van der Waals surface area contributed by atoms with Crippen LogP contribution in [0, 0.1) is 6.92 Å². The van der Waals surface area contributed by atoms with Gasteiger partial charge in [0.15, 0.2) is 0 Å². The summed E-state index contributed by atoms with van der Waals surface area (Å²) in [5.74, 6) is -0.186. The first-order valence-electron chi connectivity index (χ1n) is 6.91. The topological polar surface area (TPSA) is 58.4 Å². The normalized spacial score (nSPS) is 18.2. The van der Waals surface area contributed by atoms with E-state index in [2.05, 4.69) is 10.2 Å². The standard InChI is InChI=1S/C15H20ClN3OS/c1-10-3-4-11(9-12(10)16)13(20)18-15(14(17)21)5-7-19(2)8-6-15/h3-4,9H,5-8H2,1-2H3,(H2,17,21)(H,18,20). The van der Waals surface area contributed by atoms with Crippen LogP contribution in [-0.2, 0) is 0 Å². The fraction of sp³-hybridized carbons (Fsp3) is 0.467. The van der Waals surface area contributed by atoms with E-state index in [1.165, 1.54) is 0 Å². The van der Waals surface area contributed by atoms with Crippen LogP contribution in [0.3, 0.4) is 0 Å². The minimum Gasteiger partial charge on any atom is -0.391 e. The fourth-order valence-corrected chi connectivity index (χ4v) is 2.89. The third-order valence-electron chi connectivity index (χ3n) is 4.10. The first-order chi connectivity index (χ1) is 9.84. The monoisotopic (exact) mass is 325 g/mol. The van der Waals surface area contributed by atoms with Gasteiger partial charge in [0, 0.05) is 23.7 Å².